The van der Waals surface area contributed by atoms with Gasteiger partial charge in [0.15, 0.2) is 0 Å². The first kappa shape index (κ1) is 17.8. The SMILES string of the molecule is CC(CS)C(=O)[N@+]1(C(=O)O)C[C@@H](Cc2ccccc2O)CC1C. The molecule has 2 unspecified atom stereocenters. The maximum absolute atomic E-state index is 12.7. The van der Waals surface area contributed by atoms with E-state index in [9.17, 15) is 19.8 Å². The number of nitrogens with zero attached hydrogens (tertiary/aromatic N) is 1. The van der Waals surface area contributed by atoms with Crippen molar-refractivity contribution in [3.63, 3.8) is 0 Å². The minimum Gasteiger partial charge on any atom is -0.508 e. The lowest BCUT2D eigenvalue weighted by Gasteiger charge is -2.31. The van der Waals surface area contributed by atoms with E-state index in [1.165, 1.54) is 0 Å². The fourth-order valence-corrected chi connectivity index (χ4v) is 3.76. The van der Waals surface area contributed by atoms with Crippen LogP contribution in [0.1, 0.15) is 25.8 Å². The average Bonchev–Trinajstić information content (AvgIpc) is 2.85. The zero-order chi connectivity index (χ0) is 17.2. The van der Waals surface area contributed by atoms with Crippen LogP contribution in [-0.2, 0) is 11.2 Å². The van der Waals surface area contributed by atoms with E-state index >= 15 is 0 Å². The van der Waals surface area contributed by atoms with Gasteiger partial charge in [-0.2, -0.15) is 21.9 Å². The van der Waals surface area contributed by atoms with Crippen molar-refractivity contribution in [3.05, 3.63) is 29.8 Å². The van der Waals surface area contributed by atoms with Gasteiger partial charge in [0.25, 0.3) is 0 Å². The Kier molecular flexibility index (Phi) is 5.37. The molecule has 1 aromatic rings. The number of hydrogen-bond donors (Lipinski definition) is 3. The van der Waals surface area contributed by atoms with Crippen LogP contribution in [0.25, 0.3) is 0 Å². The van der Waals surface area contributed by atoms with E-state index in [0.29, 0.717) is 18.6 Å². The van der Waals surface area contributed by atoms with Crippen molar-refractivity contribution in [2.24, 2.45) is 11.8 Å². The lowest BCUT2D eigenvalue weighted by atomic mass is 9.96. The van der Waals surface area contributed by atoms with Crippen LogP contribution < -0.4 is 0 Å². The Balaban J connectivity index is 2.25. The van der Waals surface area contributed by atoms with Crippen LogP contribution in [0.15, 0.2) is 24.3 Å². The summed E-state index contributed by atoms with van der Waals surface area (Å²) in [7, 11) is 0. The first-order chi connectivity index (χ1) is 10.8. The fraction of sp³-hybridized carbons (Fsp3) is 0.529. The Bertz CT molecular complexity index is 606. The number of phenols is 1. The molecule has 1 fully saturated rings. The Labute approximate surface area is 141 Å². The molecule has 126 valence electrons. The van der Waals surface area contributed by atoms with Gasteiger partial charge in [-0.05, 0) is 31.9 Å². The molecular weight excluding hydrogens is 314 g/mol. The summed E-state index contributed by atoms with van der Waals surface area (Å²) >= 11 is 4.14. The number of aromatic hydroxyl groups is 1. The predicted molar refractivity (Wildman–Crippen MR) is 90.6 cm³/mol. The number of likely N-dealkylation sites (tertiary alicyclic amines) is 1. The molecule has 2 amide bonds. The molecule has 0 aromatic heterocycles. The third-order valence-electron chi connectivity index (χ3n) is 4.90. The Morgan fingerprint density at radius 2 is 2.04 bits per heavy atom. The third-order valence-corrected chi connectivity index (χ3v) is 5.45. The number of imide groups is 1. The van der Waals surface area contributed by atoms with Crippen molar-refractivity contribution in [2.45, 2.75) is 32.7 Å². The van der Waals surface area contributed by atoms with Gasteiger partial charge in [-0.1, -0.05) is 18.2 Å². The summed E-state index contributed by atoms with van der Waals surface area (Å²) < 4.78 is -0.528. The number of benzene rings is 1. The smallest absolute Gasteiger partial charge is 0.508 e. The molecule has 1 aliphatic heterocycles. The van der Waals surface area contributed by atoms with Crippen molar-refractivity contribution in [3.8, 4) is 5.75 Å². The van der Waals surface area contributed by atoms with Gasteiger partial charge in [-0.25, -0.2) is 4.79 Å². The minimum atomic E-state index is -1.09. The van der Waals surface area contributed by atoms with Crippen molar-refractivity contribution in [1.29, 1.82) is 0 Å². The number of hydrogen-bond acceptors (Lipinski definition) is 4. The highest BCUT2D eigenvalue weighted by molar-refractivity contribution is 7.80. The van der Waals surface area contributed by atoms with E-state index in [2.05, 4.69) is 12.6 Å². The van der Waals surface area contributed by atoms with Crippen LogP contribution in [0.3, 0.4) is 0 Å². The maximum atomic E-state index is 12.7. The molecule has 0 radical (unpaired) electrons. The van der Waals surface area contributed by atoms with Crippen molar-refractivity contribution in [1.82, 2.24) is 0 Å². The highest BCUT2D eigenvalue weighted by Crippen LogP contribution is 2.36. The molecule has 4 atom stereocenters. The van der Waals surface area contributed by atoms with Crippen LogP contribution in [0, 0.1) is 11.8 Å². The number of carbonyl (C=O) groups excluding carboxylic acids is 1. The molecule has 2 rings (SSSR count). The molecule has 1 heterocycles. The Morgan fingerprint density at radius 1 is 1.39 bits per heavy atom. The van der Waals surface area contributed by atoms with Gasteiger partial charge >= 0.3 is 12.0 Å². The van der Waals surface area contributed by atoms with Gasteiger partial charge in [-0.15, -0.1) is 0 Å². The van der Waals surface area contributed by atoms with Gasteiger partial charge in [0, 0.05) is 18.1 Å². The predicted octanol–water partition coefficient (Wildman–Crippen LogP) is 2.93. The van der Waals surface area contributed by atoms with Crippen molar-refractivity contribution < 1.29 is 24.3 Å². The van der Waals surface area contributed by atoms with Crippen LogP contribution in [0.5, 0.6) is 5.75 Å². The van der Waals surface area contributed by atoms with Gasteiger partial charge in [0.05, 0.1) is 12.5 Å². The second-order valence-electron chi connectivity index (χ2n) is 6.54. The van der Waals surface area contributed by atoms with Gasteiger partial charge in [0.1, 0.15) is 11.8 Å². The molecule has 2 N–H and O–H groups in total. The second kappa shape index (κ2) is 6.93. The van der Waals surface area contributed by atoms with E-state index in [0.717, 1.165) is 5.56 Å². The number of carbonyl (C=O) groups is 2. The second-order valence-corrected chi connectivity index (χ2v) is 6.90. The first-order valence-electron chi connectivity index (χ1n) is 7.86. The minimum absolute atomic E-state index is 0.0467. The van der Waals surface area contributed by atoms with Gasteiger partial charge in [-0.3, -0.25) is 0 Å². The fourth-order valence-electron chi connectivity index (χ4n) is 3.61. The molecule has 1 aromatic carbocycles. The highest BCUT2D eigenvalue weighted by Gasteiger charge is 2.57. The van der Waals surface area contributed by atoms with E-state index < -0.39 is 16.5 Å². The van der Waals surface area contributed by atoms with E-state index in [1.54, 1.807) is 19.1 Å². The number of rotatable bonds is 4. The van der Waals surface area contributed by atoms with Gasteiger partial charge < -0.3 is 10.2 Å². The normalized spacial score (nSPS) is 28.5. The topological polar surface area (TPSA) is 74.6 Å². The number of thiol groups is 1. The monoisotopic (exact) mass is 338 g/mol. The summed E-state index contributed by atoms with van der Waals surface area (Å²) in [4.78, 5) is 24.6. The molecule has 1 saturated heterocycles. The number of para-hydroxylation sites is 1. The quantitative estimate of drug-likeness (QED) is 0.583. The summed E-state index contributed by atoms with van der Waals surface area (Å²) in [6.45, 7) is 3.81. The van der Waals surface area contributed by atoms with Crippen molar-refractivity contribution in [2.75, 3.05) is 12.3 Å². The summed E-state index contributed by atoms with van der Waals surface area (Å²) in [5, 5.41) is 19.7. The number of quaternary nitrogens is 1. The molecule has 23 heavy (non-hydrogen) atoms. The lowest BCUT2D eigenvalue weighted by Crippen LogP contribution is -2.60. The summed E-state index contributed by atoms with van der Waals surface area (Å²) in [6.07, 6.45) is 0.134. The van der Waals surface area contributed by atoms with Crippen LogP contribution in [-0.4, -0.2) is 45.0 Å². The number of amides is 2. The van der Waals surface area contributed by atoms with E-state index in [1.807, 2.05) is 19.1 Å². The Morgan fingerprint density at radius 3 is 2.61 bits per heavy atom. The molecule has 0 bridgehead atoms. The molecule has 0 saturated carbocycles. The summed E-state index contributed by atoms with van der Waals surface area (Å²) in [5.41, 5.74) is 0.796. The molecule has 6 heteroatoms. The van der Waals surface area contributed by atoms with Crippen LogP contribution in [0.4, 0.5) is 4.79 Å². The summed E-state index contributed by atoms with van der Waals surface area (Å²) in [6, 6.07) is 6.79. The Hall–Kier alpha value is -1.53. The zero-order valence-corrected chi connectivity index (χ0v) is 14.4. The largest absolute Gasteiger partial charge is 0.521 e. The third kappa shape index (κ3) is 3.23. The maximum Gasteiger partial charge on any atom is 0.521 e. The first-order valence-corrected chi connectivity index (χ1v) is 8.49. The van der Waals surface area contributed by atoms with Gasteiger partial charge in [0.2, 0.25) is 0 Å². The molecular formula is C17H24NO4S+. The molecule has 5 nitrogen and oxygen atoms in total. The summed E-state index contributed by atoms with van der Waals surface area (Å²) in [5.74, 6) is -0.0790. The average molecular weight is 338 g/mol. The van der Waals surface area contributed by atoms with Crippen molar-refractivity contribution >= 4 is 24.6 Å². The van der Waals surface area contributed by atoms with E-state index in [4.69, 9.17) is 0 Å². The number of phenolic OH excluding ortho intramolecular Hbond substituents is 1. The lowest BCUT2D eigenvalue weighted by molar-refractivity contribution is -0.795. The number of carboxylic acid groups (broad SMARTS) is 1. The highest BCUT2D eigenvalue weighted by atomic mass is 32.1. The van der Waals surface area contributed by atoms with Crippen LogP contribution in [0.2, 0.25) is 0 Å². The molecule has 1 aliphatic rings. The zero-order valence-electron chi connectivity index (χ0n) is 13.5. The van der Waals surface area contributed by atoms with Crippen LogP contribution >= 0.6 is 12.6 Å². The molecule has 0 spiro atoms. The standard InChI is InChI=1S/C17H23NO4S/c1-11(10-23)16(20)18(17(21)22)9-13(7-12(18)2)8-14-5-3-4-6-15(14)19/h3-6,11-13H,7-10H2,1-2H3,(H2-,19,21,22,23)/p+1/t11?,12?,13-,18+/m1/s1. The van der Waals surface area contributed by atoms with E-state index in [-0.39, 0.29) is 30.2 Å². The molecule has 0 aliphatic carbocycles.